The zero-order chi connectivity index (χ0) is 26.7. The molecule has 188 valence electrons. The van der Waals surface area contributed by atoms with Crippen molar-refractivity contribution in [3.8, 4) is 0 Å². The Balaban J connectivity index is 0.000000201. The summed E-state index contributed by atoms with van der Waals surface area (Å²) in [6.45, 7) is 10.8. The molecule has 10 nitrogen and oxygen atoms in total. The predicted octanol–water partition coefficient (Wildman–Crippen LogP) is 5.26. The summed E-state index contributed by atoms with van der Waals surface area (Å²) in [5.74, 6) is 0. The molecular weight excluding hydrogens is 464 g/mol. The zero-order valence-electron chi connectivity index (χ0n) is 21.0. The second kappa shape index (κ2) is 10.1. The minimum absolute atomic E-state index is 0.483. The average Bonchev–Trinajstić information content (AvgIpc) is 3.40. The molecule has 0 saturated heterocycles. The number of imidazole rings is 2. The highest BCUT2D eigenvalue weighted by Gasteiger charge is 2.20. The Kier molecular flexibility index (Phi) is 7.37. The number of aromatic nitrogens is 4. The first-order valence-electron chi connectivity index (χ1n) is 11.1. The molecule has 0 saturated carbocycles. The molecule has 2 aromatic heterocycles. The topological polar surface area (TPSA) is 122 Å². The van der Waals surface area contributed by atoms with E-state index in [1.807, 2.05) is 0 Å². The normalized spacial score (nSPS) is 11.5. The molecule has 4 aromatic rings. The number of aldehydes is 2. The van der Waals surface area contributed by atoms with Gasteiger partial charge in [0.2, 0.25) is 0 Å². The van der Waals surface area contributed by atoms with Crippen molar-refractivity contribution in [1.29, 1.82) is 0 Å². The smallest absolute Gasteiger partial charge is 0.420 e. The van der Waals surface area contributed by atoms with E-state index in [1.165, 1.54) is 21.8 Å². The van der Waals surface area contributed by atoms with Gasteiger partial charge in [-0.3, -0.25) is 9.59 Å². The number of carbonyl (C=O) groups excluding carboxylic acids is 4. The van der Waals surface area contributed by atoms with Crippen molar-refractivity contribution >= 4 is 46.8 Å². The Hall–Kier alpha value is -4.34. The Morgan fingerprint density at radius 2 is 1.17 bits per heavy atom. The summed E-state index contributed by atoms with van der Waals surface area (Å²) in [5.41, 5.74) is 2.30. The van der Waals surface area contributed by atoms with Crippen molar-refractivity contribution < 1.29 is 28.7 Å². The third-order valence-electron chi connectivity index (χ3n) is 4.60. The molecule has 0 N–H and O–H groups in total. The summed E-state index contributed by atoms with van der Waals surface area (Å²) in [6, 6.07) is 9.90. The fourth-order valence-corrected chi connectivity index (χ4v) is 3.11. The third-order valence-corrected chi connectivity index (χ3v) is 4.60. The molecule has 2 aromatic carbocycles. The average molecular weight is 493 g/mol. The maximum atomic E-state index is 11.9. The van der Waals surface area contributed by atoms with Gasteiger partial charge in [0.25, 0.3) is 0 Å². The van der Waals surface area contributed by atoms with E-state index in [-0.39, 0.29) is 0 Å². The summed E-state index contributed by atoms with van der Waals surface area (Å²) in [5, 5.41) is 0. The fourth-order valence-electron chi connectivity index (χ4n) is 3.11. The molecule has 0 spiro atoms. The van der Waals surface area contributed by atoms with Gasteiger partial charge in [-0.15, -0.1) is 0 Å². The second-order valence-electron chi connectivity index (χ2n) is 9.92. The lowest BCUT2D eigenvalue weighted by atomic mass is 10.2. The molecule has 36 heavy (non-hydrogen) atoms. The van der Waals surface area contributed by atoms with E-state index in [9.17, 15) is 19.2 Å². The van der Waals surface area contributed by atoms with Gasteiger partial charge in [-0.05, 0) is 77.9 Å². The van der Waals surface area contributed by atoms with Crippen LogP contribution in [0, 0.1) is 0 Å². The van der Waals surface area contributed by atoms with Crippen LogP contribution in [0.3, 0.4) is 0 Å². The highest BCUT2D eigenvalue weighted by atomic mass is 16.6. The highest BCUT2D eigenvalue weighted by Crippen LogP contribution is 2.18. The third kappa shape index (κ3) is 6.41. The Morgan fingerprint density at radius 1 is 0.694 bits per heavy atom. The maximum Gasteiger partial charge on any atom is 0.420 e. The number of hydrogen-bond acceptors (Lipinski definition) is 8. The summed E-state index contributed by atoms with van der Waals surface area (Å²) in [4.78, 5) is 53.4. The van der Waals surface area contributed by atoms with Gasteiger partial charge in [0, 0.05) is 11.1 Å². The van der Waals surface area contributed by atoms with Crippen LogP contribution in [0.1, 0.15) is 62.3 Å². The Bertz CT molecular complexity index is 1440. The predicted molar refractivity (Wildman–Crippen MR) is 134 cm³/mol. The van der Waals surface area contributed by atoms with E-state index in [2.05, 4.69) is 9.97 Å². The molecular formula is C26H28N4O6. The summed E-state index contributed by atoms with van der Waals surface area (Å²) >= 11 is 0. The molecule has 0 unspecified atom stereocenters. The lowest BCUT2D eigenvalue weighted by molar-refractivity contribution is 0.0532. The molecule has 0 aliphatic rings. The van der Waals surface area contributed by atoms with Gasteiger partial charge in [0.05, 0.1) is 22.1 Å². The lowest BCUT2D eigenvalue weighted by Gasteiger charge is -2.19. The molecule has 0 aliphatic heterocycles. The van der Waals surface area contributed by atoms with Gasteiger partial charge < -0.3 is 9.47 Å². The fraction of sp³-hybridized carbons (Fsp3) is 0.308. The van der Waals surface area contributed by atoms with E-state index < -0.39 is 23.4 Å². The molecule has 0 fully saturated rings. The quantitative estimate of drug-likeness (QED) is 0.347. The van der Waals surface area contributed by atoms with Gasteiger partial charge in [0.1, 0.15) is 36.4 Å². The molecule has 0 amide bonds. The van der Waals surface area contributed by atoms with Crippen LogP contribution in [-0.4, -0.2) is 55.1 Å². The maximum absolute atomic E-state index is 11.9. The number of ether oxygens (including phenoxy) is 2. The number of hydrogen-bond donors (Lipinski definition) is 0. The van der Waals surface area contributed by atoms with Gasteiger partial charge in [-0.2, -0.15) is 0 Å². The number of benzene rings is 2. The Morgan fingerprint density at radius 3 is 1.69 bits per heavy atom. The van der Waals surface area contributed by atoms with Crippen molar-refractivity contribution in [2.75, 3.05) is 0 Å². The van der Waals surface area contributed by atoms with Crippen molar-refractivity contribution in [3.05, 3.63) is 60.2 Å². The number of carbonyl (C=O) groups is 4. The van der Waals surface area contributed by atoms with Gasteiger partial charge in [-0.25, -0.2) is 28.7 Å². The number of fused-ring (bicyclic) bond motifs is 2. The summed E-state index contributed by atoms with van der Waals surface area (Å²) in [7, 11) is 0. The first-order chi connectivity index (χ1) is 16.8. The van der Waals surface area contributed by atoms with E-state index >= 15 is 0 Å². The summed E-state index contributed by atoms with van der Waals surface area (Å²) in [6.07, 6.45) is 3.27. The van der Waals surface area contributed by atoms with Crippen LogP contribution in [0.15, 0.2) is 49.1 Å². The van der Waals surface area contributed by atoms with Crippen LogP contribution in [-0.2, 0) is 9.47 Å². The van der Waals surface area contributed by atoms with Gasteiger partial charge in [0.15, 0.2) is 0 Å². The van der Waals surface area contributed by atoms with Gasteiger partial charge >= 0.3 is 12.2 Å². The van der Waals surface area contributed by atoms with Crippen LogP contribution in [0.5, 0.6) is 0 Å². The molecule has 10 heteroatoms. The van der Waals surface area contributed by atoms with Crippen LogP contribution in [0.4, 0.5) is 9.59 Å². The van der Waals surface area contributed by atoms with Crippen molar-refractivity contribution in [2.45, 2.75) is 52.7 Å². The van der Waals surface area contributed by atoms with E-state index in [0.29, 0.717) is 33.2 Å². The van der Waals surface area contributed by atoms with E-state index in [0.717, 1.165) is 12.6 Å². The number of nitrogens with zero attached hydrogens (tertiary/aromatic N) is 4. The van der Waals surface area contributed by atoms with Crippen LogP contribution in [0.2, 0.25) is 0 Å². The van der Waals surface area contributed by atoms with Crippen LogP contribution < -0.4 is 0 Å². The molecule has 0 radical (unpaired) electrons. The SMILES string of the molecule is CC(C)(C)OC(=O)n1cnc2cc(C=O)ccc21.CC(C)(C)OC(=O)n1cnc2ccc(C=O)cc21. The van der Waals surface area contributed by atoms with E-state index in [1.54, 1.807) is 77.9 Å². The first kappa shape index (κ1) is 26.3. The molecule has 0 bridgehead atoms. The standard InChI is InChI=1S/2C13H14N2O3/c1-13(2,3)18-12(17)15-8-14-10-6-9(7-16)4-5-11(10)15;1-13(2,3)18-12(17)15-8-14-10-5-4-9(7-16)6-11(10)15/h2*4-8H,1-3H3. The van der Waals surface area contributed by atoms with Crippen LogP contribution >= 0.6 is 0 Å². The highest BCUT2D eigenvalue weighted by molar-refractivity contribution is 5.91. The summed E-state index contributed by atoms with van der Waals surface area (Å²) < 4.78 is 13.1. The molecule has 0 aliphatic carbocycles. The first-order valence-corrected chi connectivity index (χ1v) is 11.1. The lowest BCUT2D eigenvalue weighted by Crippen LogP contribution is -2.26. The zero-order valence-corrected chi connectivity index (χ0v) is 21.0. The van der Waals surface area contributed by atoms with Crippen molar-refractivity contribution in [1.82, 2.24) is 19.1 Å². The largest absolute Gasteiger partial charge is 0.443 e. The van der Waals surface area contributed by atoms with Crippen LogP contribution in [0.25, 0.3) is 22.1 Å². The molecule has 0 atom stereocenters. The minimum atomic E-state index is -0.573. The van der Waals surface area contributed by atoms with E-state index in [4.69, 9.17) is 9.47 Å². The monoisotopic (exact) mass is 492 g/mol. The molecule has 4 rings (SSSR count). The number of rotatable bonds is 2. The second-order valence-corrected chi connectivity index (χ2v) is 9.92. The Labute approximate surface area is 207 Å². The van der Waals surface area contributed by atoms with Crippen molar-refractivity contribution in [3.63, 3.8) is 0 Å². The van der Waals surface area contributed by atoms with Crippen molar-refractivity contribution in [2.24, 2.45) is 0 Å². The van der Waals surface area contributed by atoms with Gasteiger partial charge in [-0.1, -0.05) is 0 Å². The minimum Gasteiger partial charge on any atom is -0.443 e. The molecule has 2 heterocycles.